The molecule has 0 spiro atoms. The Morgan fingerprint density at radius 1 is 1.09 bits per heavy atom. The van der Waals surface area contributed by atoms with E-state index in [2.05, 4.69) is 30.6 Å². The summed E-state index contributed by atoms with van der Waals surface area (Å²) in [5, 5.41) is 0. The highest BCUT2D eigenvalue weighted by atomic mass is 35.5. The van der Waals surface area contributed by atoms with Gasteiger partial charge in [-0.1, -0.05) is 32.6 Å². The van der Waals surface area contributed by atoms with Gasteiger partial charge in [-0.3, -0.25) is 0 Å². The SMILES string of the molecule is CC1CCN(S(=O)(=O)NCC2(N(C)C)CCCCCC2)CC1.Cl. The zero-order chi connectivity index (χ0) is 16.2. The molecule has 0 radical (unpaired) electrons. The third-order valence-electron chi connectivity index (χ3n) is 5.65. The van der Waals surface area contributed by atoms with Gasteiger partial charge < -0.3 is 4.90 Å². The van der Waals surface area contributed by atoms with Crippen molar-refractivity contribution in [1.29, 1.82) is 0 Å². The molecule has 1 aliphatic carbocycles. The monoisotopic (exact) mass is 367 g/mol. The van der Waals surface area contributed by atoms with Crippen molar-refractivity contribution in [3.05, 3.63) is 0 Å². The fourth-order valence-electron chi connectivity index (χ4n) is 3.71. The van der Waals surface area contributed by atoms with Crippen LogP contribution < -0.4 is 4.72 Å². The third kappa shape index (κ3) is 5.56. The van der Waals surface area contributed by atoms with E-state index in [0.29, 0.717) is 25.6 Å². The Morgan fingerprint density at radius 3 is 2.09 bits per heavy atom. The molecule has 1 N–H and O–H groups in total. The Balaban J connectivity index is 0.00000264. The number of hydrogen-bond acceptors (Lipinski definition) is 3. The minimum Gasteiger partial charge on any atom is -0.302 e. The number of halogens is 1. The Labute approximate surface area is 148 Å². The molecular weight excluding hydrogens is 334 g/mol. The Hall–Kier alpha value is 0.120. The highest BCUT2D eigenvalue weighted by Gasteiger charge is 2.35. The van der Waals surface area contributed by atoms with E-state index in [1.54, 1.807) is 4.31 Å². The van der Waals surface area contributed by atoms with Crippen LogP contribution in [0.3, 0.4) is 0 Å². The van der Waals surface area contributed by atoms with Crippen LogP contribution in [0.25, 0.3) is 0 Å². The lowest BCUT2D eigenvalue weighted by atomic mass is 9.89. The molecule has 23 heavy (non-hydrogen) atoms. The average molecular weight is 368 g/mol. The quantitative estimate of drug-likeness (QED) is 0.760. The molecule has 5 nitrogen and oxygen atoms in total. The maximum atomic E-state index is 12.6. The lowest BCUT2D eigenvalue weighted by Gasteiger charge is -2.40. The van der Waals surface area contributed by atoms with Crippen molar-refractivity contribution < 1.29 is 8.42 Å². The van der Waals surface area contributed by atoms with Gasteiger partial charge in [-0.25, -0.2) is 4.72 Å². The molecule has 0 bridgehead atoms. The lowest BCUT2D eigenvalue weighted by molar-refractivity contribution is 0.132. The van der Waals surface area contributed by atoms with Crippen molar-refractivity contribution in [2.24, 2.45) is 5.92 Å². The maximum Gasteiger partial charge on any atom is 0.279 e. The summed E-state index contributed by atoms with van der Waals surface area (Å²) in [7, 11) is 0.838. The van der Waals surface area contributed by atoms with Crippen molar-refractivity contribution in [1.82, 2.24) is 13.9 Å². The van der Waals surface area contributed by atoms with Crippen molar-refractivity contribution >= 4 is 22.6 Å². The summed E-state index contributed by atoms with van der Waals surface area (Å²) in [6.45, 7) is 4.05. The highest BCUT2D eigenvalue weighted by molar-refractivity contribution is 7.87. The molecule has 2 aliphatic rings. The molecule has 0 amide bonds. The predicted molar refractivity (Wildman–Crippen MR) is 98.3 cm³/mol. The third-order valence-corrected chi connectivity index (χ3v) is 7.20. The number of nitrogens with one attached hydrogen (secondary N) is 1. The summed E-state index contributed by atoms with van der Waals surface area (Å²) in [6, 6.07) is 0. The van der Waals surface area contributed by atoms with E-state index in [1.165, 1.54) is 25.7 Å². The van der Waals surface area contributed by atoms with E-state index in [0.717, 1.165) is 25.7 Å². The maximum absolute atomic E-state index is 12.6. The first kappa shape index (κ1) is 21.2. The van der Waals surface area contributed by atoms with E-state index in [4.69, 9.17) is 0 Å². The van der Waals surface area contributed by atoms with Crippen LogP contribution in [0.5, 0.6) is 0 Å². The fraction of sp³-hybridized carbons (Fsp3) is 1.00. The highest BCUT2D eigenvalue weighted by Crippen LogP contribution is 2.31. The summed E-state index contributed by atoms with van der Waals surface area (Å²) in [5.74, 6) is 0.640. The fourth-order valence-corrected chi connectivity index (χ4v) is 5.04. The summed E-state index contributed by atoms with van der Waals surface area (Å²) in [4.78, 5) is 2.24. The molecule has 1 heterocycles. The standard InChI is InChI=1S/C16H33N3O2S.ClH/c1-15-8-12-19(13-9-15)22(20,21)17-14-16(18(2)3)10-6-4-5-7-11-16;/h15,17H,4-14H2,1-3H3;1H. The molecule has 1 saturated carbocycles. The molecule has 0 aromatic carbocycles. The van der Waals surface area contributed by atoms with Gasteiger partial charge in [0.2, 0.25) is 0 Å². The van der Waals surface area contributed by atoms with Crippen LogP contribution in [-0.2, 0) is 10.2 Å². The Kier molecular flexibility index (Phi) is 8.28. The van der Waals surface area contributed by atoms with Crippen LogP contribution in [-0.4, -0.2) is 56.9 Å². The molecule has 1 saturated heterocycles. The lowest BCUT2D eigenvalue weighted by Crippen LogP contribution is -2.55. The van der Waals surface area contributed by atoms with Crippen molar-refractivity contribution in [2.75, 3.05) is 33.7 Å². The van der Waals surface area contributed by atoms with Crippen molar-refractivity contribution in [2.45, 2.75) is 63.8 Å². The van der Waals surface area contributed by atoms with E-state index < -0.39 is 10.2 Å². The molecule has 0 aromatic rings. The zero-order valence-corrected chi connectivity index (χ0v) is 16.5. The average Bonchev–Trinajstić information content (AvgIpc) is 2.72. The van der Waals surface area contributed by atoms with Gasteiger partial charge in [0.05, 0.1) is 0 Å². The summed E-state index contributed by atoms with van der Waals surface area (Å²) in [5.41, 5.74) is -0.0212. The van der Waals surface area contributed by atoms with Crippen LogP contribution in [0.1, 0.15) is 58.3 Å². The van der Waals surface area contributed by atoms with Crippen LogP contribution in [0.2, 0.25) is 0 Å². The van der Waals surface area contributed by atoms with Crippen LogP contribution in [0.15, 0.2) is 0 Å². The van der Waals surface area contributed by atoms with E-state index in [1.807, 2.05) is 0 Å². The van der Waals surface area contributed by atoms with Crippen LogP contribution in [0, 0.1) is 5.92 Å². The molecule has 1 aliphatic heterocycles. The van der Waals surface area contributed by atoms with Crippen LogP contribution in [0.4, 0.5) is 0 Å². The minimum absolute atomic E-state index is 0. The van der Waals surface area contributed by atoms with E-state index >= 15 is 0 Å². The van der Waals surface area contributed by atoms with Gasteiger partial charge >= 0.3 is 0 Å². The number of likely N-dealkylation sites (N-methyl/N-ethyl adjacent to an activating group) is 1. The van der Waals surface area contributed by atoms with Gasteiger partial charge in [0.25, 0.3) is 10.2 Å². The molecule has 2 fully saturated rings. The topological polar surface area (TPSA) is 52.7 Å². The van der Waals surface area contributed by atoms with E-state index in [-0.39, 0.29) is 17.9 Å². The van der Waals surface area contributed by atoms with Gasteiger partial charge in [0.15, 0.2) is 0 Å². The first-order valence-electron chi connectivity index (χ1n) is 8.78. The first-order valence-corrected chi connectivity index (χ1v) is 10.2. The molecule has 0 aromatic heterocycles. The summed E-state index contributed by atoms with van der Waals surface area (Å²) >= 11 is 0. The van der Waals surface area contributed by atoms with Gasteiger partial charge in [0, 0.05) is 25.2 Å². The van der Waals surface area contributed by atoms with Crippen LogP contribution >= 0.6 is 12.4 Å². The second-order valence-corrected chi connectivity index (χ2v) is 9.20. The number of hydrogen-bond donors (Lipinski definition) is 1. The van der Waals surface area contributed by atoms with Gasteiger partial charge in [0.1, 0.15) is 0 Å². The number of nitrogens with zero attached hydrogens (tertiary/aromatic N) is 2. The van der Waals surface area contributed by atoms with Crippen molar-refractivity contribution in [3.8, 4) is 0 Å². The largest absolute Gasteiger partial charge is 0.302 e. The van der Waals surface area contributed by atoms with E-state index in [9.17, 15) is 8.42 Å². The zero-order valence-electron chi connectivity index (χ0n) is 14.9. The molecule has 138 valence electrons. The van der Waals surface area contributed by atoms with Gasteiger partial charge in [-0.15, -0.1) is 12.4 Å². The summed E-state index contributed by atoms with van der Waals surface area (Å²) in [6.07, 6.45) is 9.04. The second-order valence-electron chi connectivity index (χ2n) is 7.44. The van der Waals surface area contributed by atoms with Crippen molar-refractivity contribution in [3.63, 3.8) is 0 Å². The molecule has 7 heteroatoms. The normalized spacial score (nSPS) is 24.2. The predicted octanol–water partition coefficient (Wildman–Crippen LogP) is 2.63. The van der Waals surface area contributed by atoms with Gasteiger partial charge in [-0.2, -0.15) is 12.7 Å². The Bertz CT molecular complexity index is 440. The molecule has 2 rings (SSSR count). The van der Waals surface area contributed by atoms with Gasteiger partial charge in [-0.05, 0) is 45.7 Å². The number of piperidine rings is 1. The second kappa shape index (κ2) is 8.99. The molecular formula is C16H34ClN3O2S. The first-order chi connectivity index (χ1) is 10.4. The smallest absolute Gasteiger partial charge is 0.279 e. The molecule has 0 unspecified atom stereocenters. The molecule has 0 atom stereocenters. The summed E-state index contributed by atoms with van der Waals surface area (Å²) < 4.78 is 29.7. The minimum atomic E-state index is -3.33. The number of rotatable bonds is 5. The Morgan fingerprint density at radius 2 is 1.61 bits per heavy atom.